The van der Waals surface area contributed by atoms with Crippen LogP contribution >= 0.6 is 0 Å². The van der Waals surface area contributed by atoms with E-state index in [1.807, 2.05) is 42.5 Å². The van der Waals surface area contributed by atoms with Crippen LogP contribution in [0.5, 0.6) is 11.5 Å². The smallest absolute Gasteiger partial charge is 0.128 e. The Bertz CT molecular complexity index is 807. The lowest BCUT2D eigenvalue weighted by Gasteiger charge is -2.22. The Balaban J connectivity index is 1.52. The number of para-hydroxylation sites is 2. The van der Waals surface area contributed by atoms with Gasteiger partial charge in [-0.1, -0.05) is 30.3 Å². The van der Waals surface area contributed by atoms with Crippen molar-refractivity contribution in [3.05, 3.63) is 59.7 Å². The zero-order valence-electron chi connectivity index (χ0n) is 15.9. The number of nitrogens with one attached hydrogen (secondary N) is 2. The lowest BCUT2D eigenvalue weighted by Crippen LogP contribution is -2.31. The van der Waals surface area contributed by atoms with Crippen molar-refractivity contribution in [1.29, 1.82) is 5.41 Å². The van der Waals surface area contributed by atoms with E-state index in [1.165, 1.54) is 0 Å². The van der Waals surface area contributed by atoms with Crippen LogP contribution in [0.25, 0.3) is 0 Å². The minimum Gasteiger partial charge on any atom is -0.490 e. The number of ether oxygens (including phenoxy) is 4. The zero-order chi connectivity index (χ0) is 19.2. The number of rotatable bonds is 3. The van der Waals surface area contributed by atoms with Crippen molar-refractivity contribution >= 4 is 5.71 Å². The standard InChI is InChI=1S/C22H26N2O4/c23-20-9-10-24-11-16-5-1-3-7-21(16)27-14-18(26-13-17-12-25-17)15-28-22-8-4-2-6-19(20)22/h1-8,17-18,23-24H,9-15H2. The van der Waals surface area contributed by atoms with Crippen molar-refractivity contribution in [2.75, 3.05) is 33.0 Å². The molecule has 2 aliphatic heterocycles. The van der Waals surface area contributed by atoms with Crippen molar-refractivity contribution in [2.45, 2.75) is 25.2 Å². The van der Waals surface area contributed by atoms with E-state index in [1.54, 1.807) is 0 Å². The molecule has 0 amide bonds. The topological polar surface area (TPSA) is 76.1 Å². The molecule has 1 saturated heterocycles. The molecule has 2 N–H and O–H groups in total. The first-order valence-electron chi connectivity index (χ1n) is 9.74. The van der Waals surface area contributed by atoms with Gasteiger partial charge in [0.15, 0.2) is 0 Å². The average molecular weight is 382 g/mol. The van der Waals surface area contributed by atoms with Gasteiger partial charge in [0, 0.05) is 36.3 Å². The molecule has 2 heterocycles. The molecule has 0 bridgehead atoms. The number of fused-ring (bicyclic) bond motifs is 2. The van der Waals surface area contributed by atoms with Gasteiger partial charge in [-0.05, 0) is 18.2 Å². The largest absolute Gasteiger partial charge is 0.490 e. The fourth-order valence-corrected chi connectivity index (χ4v) is 3.12. The van der Waals surface area contributed by atoms with Crippen LogP contribution in [-0.4, -0.2) is 50.9 Å². The van der Waals surface area contributed by atoms with Gasteiger partial charge in [0.25, 0.3) is 0 Å². The summed E-state index contributed by atoms with van der Waals surface area (Å²) in [5.41, 5.74) is 2.48. The van der Waals surface area contributed by atoms with Crippen molar-refractivity contribution in [1.82, 2.24) is 5.32 Å². The SMILES string of the molecule is N=C1CCNCc2ccccc2OCC(OCC2CO2)COc2ccccc21. The molecule has 2 aliphatic rings. The first-order valence-corrected chi connectivity index (χ1v) is 9.74. The molecule has 2 aromatic rings. The predicted octanol–water partition coefficient (Wildman–Crippen LogP) is 2.79. The highest BCUT2D eigenvalue weighted by molar-refractivity contribution is 6.00. The molecular weight excluding hydrogens is 356 g/mol. The van der Waals surface area contributed by atoms with Crippen molar-refractivity contribution in [3.63, 3.8) is 0 Å². The van der Waals surface area contributed by atoms with Gasteiger partial charge in [0.2, 0.25) is 0 Å². The highest BCUT2D eigenvalue weighted by Crippen LogP contribution is 2.22. The van der Waals surface area contributed by atoms with Crippen LogP contribution in [0.4, 0.5) is 0 Å². The van der Waals surface area contributed by atoms with Crippen LogP contribution in [0.3, 0.4) is 0 Å². The number of hydrogen-bond acceptors (Lipinski definition) is 6. The molecular formula is C22H26N2O4. The van der Waals surface area contributed by atoms with Crippen LogP contribution in [0.1, 0.15) is 17.5 Å². The van der Waals surface area contributed by atoms with E-state index >= 15 is 0 Å². The van der Waals surface area contributed by atoms with E-state index in [2.05, 4.69) is 11.4 Å². The van der Waals surface area contributed by atoms with Crippen LogP contribution in [0, 0.1) is 5.41 Å². The van der Waals surface area contributed by atoms with Crippen LogP contribution < -0.4 is 14.8 Å². The minimum atomic E-state index is -0.226. The normalized spacial score (nSPS) is 22.8. The second-order valence-electron chi connectivity index (χ2n) is 7.04. The fraction of sp³-hybridized carbons (Fsp3) is 0.409. The molecule has 6 nitrogen and oxygen atoms in total. The summed E-state index contributed by atoms with van der Waals surface area (Å²) in [6.07, 6.45) is 0.586. The van der Waals surface area contributed by atoms with Crippen LogP contribution in [0.15, 0.2) is 48.5 Å². The van der Waals surface area contributed by atoms with Crippen LogP contribution in [0.2, 0.25) is 0 Å². The molecule has 148 valence electrons. The van der Waals surface area contributed by atoms with E-state index in [0.717, 1.165) is 23.5 Å². The van der Waals surface area contributed by atoms with E-state index in [-0.39, 0.29) is 12.2 Å². The van der Waals surface area contributed by atoms with Crippen molar-refractivity contribution in [2.24, 2.45) is 0 Å². The molecule has 2 aromatic carbocycles. The Labute approximate surface area is 165 Å². The fourth-order valence-electron chi connectivity index (χ4n) is 3.12. The van der Waals surface area contributed by atoms with E-state index in [4.69, 9.17) is 24.4 Å². The number of benzene rings is 2. The van der Waals surface area contributed by atoms with E-state index in [0.29, 0.717) is 50.8 Å². The number of epoxide rings is 1. The second kappa shape index (κ2) is 9.19. The maximum atomic E-state index is 8.45. The quantitative estimate of drug-likeness (QED) is 0.799. The van der Waals surface area contributed by atoms with Gasteiger partial charge >= 0.3 is 0 Å². The molecule has 6 heteroatoms. The molecule has 0 aliphatic carbocycles. The second-order valence-corrected chi connectivity index (χ2v) is 7.04. The molecule has 0 saturated carbocycles. The monoisotopic (exact) mass is 382 g/mol. The summed E-state index contributed by atoms with van der Waals surface area (Å²) in [6.45, 7) is 3.46. The van der Waals surface area contributed by atoms with Gasteiger partial charge in [0.1, 0.15) is 36.9 Å². The summed E-state index contributed by atoms with van der Waals surface area (Å²) in [6, 6.07) is 15.7. The first kappa shape index (κ1) is 18.9. The van der Waals surface area contributed by atoms with Gasteiger partial charge in [-0.3, -0.25) is 0 Å². The van der Waals surface area contributed by atoms with Gasteiger partial charge in [-0.2, -0.15) is 0 Å². The third-order valence-corrected chi connectivity index (χ3v) is 4.82. The Kier molecular flexibility index (Phi) is 6.21. The maximum Gasteiger partial charge on any atom is 0.128 e. The van der Waals surface area contributed by atoms with Crippen LogP contribution in [-0.2, 0) is 16.0 Å². The Hall–Kier alpha value is -2.41. The third-order valence-electron chi connectivity index (χ3n) is 4.82. The summed E-state index contributed by atoms with van der Waals surface area (Å²) in [4.78, 5) is 0. The molecule has 0 radical (unpaired) electrons. The summed E-state index contributed by atoms with van der Waals surface area (Å²) in [7, 11) is 0. The highest BCUT2D eigenvalue weighted by atomic mass is 16.6. The average Bonchev–Trinajstić information content (AvgIpc) is 3.55. The minimum absolute atomic E-state index is 0.185. The molecule has 2 unspecified atom stereocenters. The van der Waals surface area contributed by atoms with Gasteiger partial charge in [-0.25, -0.2) is 0 Å². The molecule has 2 atom stereocenters. The molecule has 1 fully saturated rings. The van der Waals surface area contributed by atoms with Crippen molar-refractivity contribution in [3.8, 4) is 11.5 Å². The Morgan fingerprint density at radius 1 is 0.964 bits per heavy atom. The Morgan fingerprint density at radius 2 is 1.68 bits per heavy atom. The summed E-state index contributed by atoms with van der Waals surface area (Å²) >= 11 is 0. The van der Waals surface area contributed by atoms with Gasteiger partial charge < -0.3 is 29.7 Å². The van der Waals surface area contributed by atoms with Gasteiger partial charge in [0.05, 0.1) is 13.2 Å². The van der Waals surface area contributed by atoms with Gasteiger partial charge in [-0.15, -0.1) is 0 Å². The highest BCUT2D eigenvalue weighted by Gasteiger charge is 2.25. The van der Waals surface area contributed by atoms with Crippen molar-refractivity contribution < 1.29 is 18.9 Å². The summed E-state index contributed by atoms with van der Waals surface area (Å²) in [5.74, 6) is 1.56. The molecule has 4 rings (SSSR count). The van der Waals surface area contributed by atoms with E-state index in [9.17, 15) is 0 Å². The predicted molar refractivity (Wildman–Crippen MR) is 107 cm³/mol. The molecule has 0 spiro atoms. The number of hydrogen-bond donors (Lipinski definition) is 2. The third kappa shape index (κ3) is 5.10. The lowest BCUT2D eigenvalue weighted by atomic mass is 10.1. The van der Waals surface area contributed by atoms with E-state index < -0.39 is 0 Å². The maximum absolute atomic E-state index is 8.45. The summed E-state index contributed by atoms with van der Waals surface area (Å²) in [5, 5.41) is 11.9. The first-order chi connectivity index (χ1) is 13.8. The summed E-state index contributed by atoms with van der Waals surface area (Å²) < 4.78 is 23.4. The lowest BCUT2D eigenvalue weighted by molar-refractivity contribution is -0.0133. The zero-order valence-corrected chi connectivity index (χ0v) is 15.9. The Morgan fingerprint density at radius 3 is 2.50 bits per heavy atom. The molecule has 28 heavy (non-hydrogen) atoms. The molecule has 0 aromatic heterocycles.